The van der Waals surface area contributed by atoms with Gasteiger partial charge in [-0.2, -0.15) is 0 Å². The minimum atomic E-state index is -0.808. The highest BCUT2D eigenvalue weighted by Crippen LogP contribution is 2.14. The fourth-order valence-electron chi connectivity index (χ4n) is 2.16. The van der Waals surface area contributed by atoms with Crippen molar-refractivity contribution in [1.82, 2.24) is 21.7 Å². The quantitative estimate of drug-likeness (QED) is 0.367. The van der Waals surface area contributed by atoms with Crippen molar-refractivity contribution in [1.29, 1.82) is 0 Å². The number of nitrogens with one attached hydrogen (secondary N) is 4. The molecule has 2 aromatic carbocycles. The lowest BCUT2D eigenvalue weighted by atomic mass is 10.2. The predicted octanol–water partition coefficient (Wildman–Crippen LogP) is 0.886. The minimum absolute atomic E-state index is 0.175. The number of benzene rings is 2. The van der Waals surface area contributed by atoms with Gasteiger partial charge in [-0.3, -0.25) is 45.7 Å². The molecule has 31 heavy (non-hydrogen) atoms. The fourth-order valence-corrected chi connectivity index (χ4v) is 2.38. The summed E-state index contributed by atoms with van der Waals surface area (Å²) in [5.41, 5.74) is 9.11. The molecule has 4 N–H and O–H groups in total. The van der Waals surface area contributed by atoms with E-state index in [0.717, 1.165) is 0 Å². The van der Waals surface area contributed by atoms with Crippen LogP contribution in [0.2, 0.25) is 5.02 Å². The lowest BCUT2D eigenvalue weighted by molar-refractivity contribution is -0.149. The van der Waals surface area contributed by atoms with E-state index in [9.17, 15) is 24.0 Å². The summed E-state index contributed by atoms with van der Waals surface area (Å²) >= 11 is 5.88. The number of amides is 4. The SMILES string of the molecule is O=C(COC(=O)CCC(=O)NNC(=O)c1ccccc1Cl)NNC(=O)c1ccccc1. The number of carbonyl (C=O) groups is 5. The van der Waals surface area contributed by atoms with Crippen molar-refractivity contribution in [2.75, 3.05) is 6.61 Å². The molecule has 0 fully saturated rings. The molecule has 0 bridgehead atoms. The van der Waals surface area contributed by atoms with Crippen molar-refractivity contribution < 1.29 is 28.7 Å². The second kappa shape index (κ2) is 11.9. The molecule has 2 aromatic rings. The van der Waals surface area contributed by atoms with E-state index in [1.165, 1.54) is 12.1 Å². The molecule has 0 saturated carbocycles. The molecular weight excluding hydrogens is 428 g/mol. The molecule has 0 heterocycles. The van der Waals surface area contributed by atoms with Gasteiger partial charge in [0.15, 0.2) is 6.61 Å². The van der Waals surface area contributed by atoms with Gasteiger partial charge in [-0.05, 0) is 24.3 Å². The average Bonchev–Trinajstić information content (AvgIpc) is 2.79. The summed E-state index contributed by atoms with van der Waals surface area (Å²) in [6.07, 6.45) is -0.606. The number of rotatable bonds is 7. The molecule has 0 aliphatic heterocycles. The normalized spacial score (nSPS) is 9.84. The maximum Gasteiger partial charge on any atom is 0.306 e. The topological polar surface area (TPSA) is 143 Å². The Hall–Kier alpha value is -3.92. The standard InChI is InChI=1S/C20H19ClN4O6/c21-15-9-5-4-8-14(15)20(30)25-22-16(26)10-11-18(28)31-12-17(27)23-24-19(29)13-6-2-1-3-7-13/h1-9H,10-12H2,(H,22,26)(H,23,27)(H,24,29)(H,25,30). The fraction of sp³-hybridized carbons (Fsp3) is 0.150. The van der Waals surface area contributed by atoms with Gasteiger partial charge in [0, 0.05) is 12.0 Å². The van der Waals surface area contributed by atoms with Crippen LogP contribution in [0.3, 0.4) is 0 Å². The van der Waals surface area contributed by atoms with Gasteiger partial charge in [0.1, 0.15) is 0 Å². The first-order valence-electron chi connectivity index (χ1n) is 9.00. The van der Waals surface area contributed by atoms with Gasteiger partial charge in [0.2, 0.25) is 5.91 Å². The van der Waals surface area contributed by atoms with Gasteiger partial charge in [-0.1, -0.05) is 41.9 Å². The number of ether oxygens (including phenoxy) is 1. The van der Waals surface area contributed by atoms with Crippen LogP contribution in [0.1, 0.15) is 33.6 Å². The van der Waals surface area contributed by atoms with Crippen molar-refractivity contribution in [2.45, 2.75) is 12.8 Å². The molecule has 162 valence electrons. The minimum Gasteiger partial charge on any atom is -0.455 e. The Bertz CT molecular complexity index is 967. The van der Waals surface area contributed by atoms with E-state index < -0.39 is 36.2 Å². The van der Waals surface area contributed by atoms with Crippen molar-refractivity contribution in [3.8, 4) is 0 Å². The summed E-state index contributed by atoms with van der Waals surface area (Å²) < 4.78 is 4.72. The Morgan fingerprint density at radius 3 is 2.03 bits per heavy atom. The highest BCUT2D eigenvalue weighted by molar-refractivity contribution is 6.33. The van der Waals surface area contributed by atoms with Gasteiger partial charge >= 0.3 is 5.97 Å². The molecule has 0 atom stereocenters. The smallest absolute Gasteiger partial charge is 0.306 e. The van der Waals surface area contributed by atoms with E-state index in [1.54, 1.807) is 42.5 Å². The van der Waals surface area contributed by atoms with Crippen molar-refractivity contribution in [2.24, 2.45) is 0 Å². The monoisotopic (exact) mass is 446 g/mol. The Kier molecular flexibility index (Phi) is 8.99. The van der Waals surface area contributed by atoms with Crippen LogP contribution in [0, 0.1) is 0 Å². The second-order valence-electron chi connectivity index (χ2n) is 6.01. The molecule has 0 unspecified atom stereocenters. The Labute approximate surface area is 182 Å². The van der Waals surface area contributed by atoms with Gasteiger partial charge in [-0.15, -0.1) is 0 Å². The Morgan fingerprint density at radius 2 is 1.32 bits per heavy atom. The first-order chi connectivity index (χ1) is 14.9. The second-order valence-corrected chi connectivity index (χ2v) is 6.42. The Morgan fingerprint density at radius 1 is 0.710 bits per heavy atom. The Balaban J connectivity index is 1.61. The van der Waals surface area contributed by atoms with Crippen LogP contribution < -0.4 is 21.7 Å². The van der Waals surface area contributed by atoms with Crippen molar-refractivity contribution in [3.63, 3.8) is 0 Å². The number of esters is 1. The van der Waals surface area contributed by atoms with E-state index >= 15 is 0 Å². The molecule has 4 amide bonds. The largest absolute Gasteiger partial charge is 0.455 e. The van der Waals surface area contributed by atoms with Crippen LogP contribution >= 0.6 is 11.6 Å². The van der Waals surface area contributed by atoms with Crippen molar-refractivity contribution >= 4 is 41.2 Å². The summed E-state index contributed by atoms with van der Waals surface area (Å²) in [6, 6.07) is 14.5. The first kappa shape index (κ1) is 23.4. The van der Waals surface area contributed by atoms with Crippen LogP contribution in [0.25, 0.3) is 0 Å². The van der Waals surface area contributed by atoms with E-state index in [0.29, 0.717) is 5.56 Å². The maximum atomic E-state index is 11.9. The van der Waals surface area contributed by atoms with Crippen LogP contribution in [0.15, 0.2) is 54.6 Å². The van der Waals surface area contributed by atoms with E-state index in [-0.39, 0.29) is 23.4 Å². The van der Waals surface area contributed by atoms with Crippen molar-refractivity contribution in [3.05, 3.63) is 70.7 Å². The molecule has 0 aliphatic rings. The van der Waals surface area contributed by atoms with Crippen LogP contribution in [0.5, 0.6) is 0 Å². The lowest BCUT2D eigenvalue weighted by Crippen LogP contribution is -2.43. The molecule has 0 aliphatic carbocycles. The van der Waals surface area contributed by atoms with E-state index in [1.807, 2.05) is 0 Å². The van der Waals surface area contributed by atoms with Gasteiger partial charge in [-0.25, -0.2) is 0 Å². The van der Waals surface area contributed by atoms with Crippen LogP contribution in [0.4, 0.5) is 0 Å². The van der Waals surface area contributed by atoms with Gasteiger partial charge in [0.05, 0.1) is 17.0 Å². The van der Waals surface area contributed by atoms with E-state index in [4.69, 9.17) is 16.3 Å². The highest BCUT2D eigenvalue weighted by atomic mass is 35.5. The van der Waals surface area contributed by atoms with E-state index in [2.05, 4.69) is 21.7 Å². The molecule has 0 radical (unpaired) electrons. The zero-order valence-electron chi connectivity index (χ0n) is 16.1. The lowest BCUT2D eigenvalue weighted by Gasteiger charge is -2.09. The molecule has 10 nitrogen and oxygen atoms in total. The molecule has 0 saturated heterocycles. The summed E-state index contributed by atoms with van der Waals surface area (Å²) in [4.78, 5) is 58.7. The summed E-state index contributed by atoms with van der Waals surface area (Å²) in [5, 5.41) is 0.219. The van der Waals surface area contributed by atoms with Gasteiger partial charge < -0.3 is 4.74 Å². The third-order valence-electron chi connectivity index (χ3n) is 3.71. The maximum absolute atomic E-state index is 11.9. The van der Waals surface area contributed by atoms with Crippen LogP contribution in [-0.4, -0.2) is 36.2 Å². The summed E-state index contributed by atoms with van der Waals surface area (Å²) in [7, 11) is 0. The molecule has 0 spiro atoms. The van der Waals surface area contributed by atoms with Gasteiger partial charge in [0.25, 0.3) is 17.7 Å². The number of hydrazine groups is 2. The highest BCUT2D eigenvalue weighted by Gasteiger charge is 2.13. The number of hydrogen-bond acceptors (Lipinski definition) is 6. The number of halogens is 1. The zero-order chi connectivity index (χ0) is 22.6. The first-order valence-corrected chi connectivity index (χ1v) is 9.38. The third kappa shape index (κ3) is 8.15. The average molecular weight is 447 g/mol. The van der Waals surface area contributed by atoms with Crippen LogP contribution in [-0.2, 0) is 19.1 Å². The number of carbonyl (C=O) groups excluding carboxylic acids is 5. The number of hydrogen-bond donors (Lipinski definition) is 4. The molecule has 0 aromatic heterocycles. The molecule has 11 heteroatoms. The summed E-state index contributed by atoms with van der Waals surface area (Å²) in [6.45, 7) is -0.640. The predicted molar refractivity (Wildman–Crippen MR) is 109 cm³/mol. The summed E-state index contributed by atoms with van der Waals surface area (Å²) in [5.74, 6) is -3.35. The molecule has 2 rings (SSSR count). The zero-order valence-corrected chi connectivity index (χ0v) is 16.9. The third-order valence-corrected chi connectivity index (χ3v) is 4.04. The molecular formula is C20H19ClN4O6.